The van der Waals surface area contributed by atoms with E-state index in [2.05, 4.69) is 22.3 Å². The molecule has 0 saturated heterocycles. The van der Waals surface area contributed by atoms with Crippen LogP contribution in [0.25, 0.3) is 0 Å². The third-order valence-corrected chi connectivity index (χ3v) is 1.61. The first kappa shape index (κ1) is 13.3. The maximum Gasteiger partial charge on any atom is 0.175 e. The van der Waals surface area contributed by atoms with E-state index in [0.29, 0.717) is 0 Å². The Morgan fingerprint density at radius 3 is 1.29 bits per heavy atom. The smallest absolute Gasteiger partial charge is 0.175 e. The van der Waals surface area contributed by atoms with Crippen LogP contribution < -0.4 is 0 Å². The van der Waals surface area contributed by atoms with Gasteiger partial charge in [0.1, 0.15) is 0 Å². The Morgan fingerprint density at radius 2 is 1.07 bits per heavy atom. The quantitative estimate of drug-likeness (QED) is 0.562. The van der Waals surface area contributed by atoms with E-state index >= 15 is 0 Å². The predicted molar refractivity (Wildman–Crippen MR) is 62.6 cm³/mol. The molecule has 0 aromatic heterocycles. The molecule has 0 radical (unpaired) electrons. The molecule has 1 nitrogen and oxygen atoms in total. The van der Waals surface area contributed by atoms with E-state index in [-0.39, 0.29) is 10.8 Å². The molecule has 0 saturated carbocycles. The summed E-state index contributed by atoms with van der Waals surface area (Å²) in [6.07, 6.45) is 0. The summed E-state index contributed by atoms with van der Waals surface area (Å²) in [6, 6.07) is 0. The van der Waals surface area contributed by atoms with Crippen LogP contribution in [-0.2, 0) is 10.8 Å². The van der Waals surface area contributed by atoms with Gasteiger partial charge in [-0.25, -0.2) is 4.21 Å². The lowest BCUT2D eigenvalue weighted by molar-refractivity contribution is 0.571. The van der Waals surface area contributed by atoms with Crippen molar-refractivity contribution in [2.45, 2.75) is 41.5 Å². The molecule has 14 heavy (non-hydrogen) atoms. The second-order valence-electron chi connectivity index (χ2n) is 5.22. The zero-order valence-corrected chi connectivity index (χ0v) is 10.6. The molecule has 0 aliphatic heterocycles. The fraction of sp³-hybridized carbons (Fsp3) is 0.667. The predicted octanol–water partition coefficient (Wildman–Crippen LogP) is 2.75. The fourth-order valence-corrected chi connectivity index (χ4v) is 1.27. The third-order valence-electron chi connectivity index (χ3n) is 1.04. The Hall–Kier alpha value is -0.730. The minimum absolute atomic E-state index is 0.112. The fourth-order valence-electron chi connectivity index (χ4n) is 0.424. The van der Waals surface area contributed by atoms with Crippen molar-refractivity contribution in [3.8, 4) is 22.3 Å². The lowest BCUT2D eigenvalue weighted by Crippen LogP contribution is -2.01. The SMILES string of the molecule is CC(C)(C)C#CS(=O)C#CC(C)(C)C. The highest BCUT2D eigenvalue weighted by molar-refractivity contribution is 7.94. The van der Waals surface area contributed by atoms with E-state index in [0.717, 1.165) is 0 Å². The third kappa shape index (κ3) is 9.36. The van der Waals surface area contributed by atoms with Crippen LogP contribution in [0, 0.1) is 33.2 Å². The van der Waals surface area contributed by atoms with Gasteiger partial charge in [-0.2, -0.15) is 0 Å². The maximum atomic E-state index is 11.3. The van der Waals surface area contributed by atoms with Crippen molar-refractivity contribution < 1.29 is 4.21 Å². The molecular formula is C12H18OS. The monoisotopic (exact) mass is 210 g/mol. The van der Waals surface area contributed by atoms with Crippen LogP contribution in [0.2, 0.25) is 0 Å². The van der Waals surface area contributed by atoms with Crippen LogP contribution in [-0.4, -0.2) is 4.21 Å². The summed E-state index contributed by atoms with van der Waals surface area (Å²) >= 11 is 0. The van der Waals surface area contributed by atoms with Gasteiger partial charge >= 0.3 is 0 Å². The highest BCUT2D eigenvalue weighted by atomic mass is 32.2. The van der Waals surface area contributed by atoms with E-state index in [1.165, 1.54) is 0 Å². The Balaban J connectivity index is 4.51. The first-order valence-electron chi connectivity index (χ1n) is 4.57. The molecule has 0 aliphatic rings. The minimum atomic E-state index is -1.34. The second-order valence-corrected chi connectivity index (χ2v) is 6.17. The number of hydrogen-bond acceptors (Lipinski definition) is 1. The lowest BCUT2D eigenvalue weighted by atomic mass is 9.99. The van der Waals surface area contributed by atoms with Crippen LogP contribution in [0.1, 0.15) is 41.5 Å². The number of rotatable bonds is 0. The summed E-state index contributed by atoms with van der Waals surface area (Å²) in [7, 11) is -1.34. The molecule has 0 bridgehead atoms. The number of hydrogen-bond donors (Lipinski definition) is 0. The van der Waals surface area contributed by atoms with Gasteiger partial charge < -0.3 is 0 Å². The molecular weight excluding hydrogens is 192 g/mol. The molecule has 0 fully saturated rings. The van der Waals surface area contributed by atoms with E-state index in [1.807, 2.05) is 41.5 Å². The van der Waals surface area contributed by atoms with Crippen LogP contribution >= 0.6 is 0 Å². The molecule has 0 N–H and O–H groups in total. The largest absolute Gasteiger partial charge is 0.232 e. The van der Waals surface area contributed by atoms with Crippen molar-refractivity contribution >= 4 is 10.8 Å². The van der Waals surface area contributed by atoms with Gasteiger partial charge in [-0.15, -0.1) is 0 Å². The molecule has 0 amide bonds. The first-order chi connectivity index (χ1) is 6.10. The zero-order chi connectivity index (χ0) is 11.4. The lowest BCUT2D eigenvalue weighted by Gasteiger charge is -2.06. The van der Waals surface area contributed by atoms with Crippen molar-refractivity contribution in [2.75, 3.05) is 0 Å². The molecule has 0 unspecified atom stereocenters. The molecule has 0 aromatic rings. The molecule has 0 aliphatic carbocycles. The molecule has 0 spiro atoms. The molecule has 2 heteroatoms. The molecule has 0 aromatic carbocycles. The van der Waals surface area contributed by atoms with Crippen LogP contribution in [0.3, 0.4) is 0 Å². The highest BCUT2D eigenvalue weighted by Gasteiger charge is 2.05. The molecule has 0 rings (SSSR count). The highest BCUT2D eigenvalue weighted by Crippen LogP contribution is 2.11. The average Bonchev–Trinajstić information content (AvgIpc) is 1.94. The van der Waals surface area contributed by atoms with Crippen molar-refractivity contribution in [2.24, 2.45) is 10.8 Å². The summed E-state index contributed by atoms with van der Waals surface area (Å²) in [5.74, 6) is 5.81. The summed E-state index contributed by atoms with van der Waals surface area (Å²) < 4.78 is 11.3. The van der Waals surface area contributed by atoms with Crippen molar-refractivity contribution in [1.82, 2.24) is 0 Å². The van der Waals surface area contributed by atoms with Gasteiger partial charge in [0.25, 0.3) is 0 Å². The van der Waals surface area contributed by atoms with E-state index < -0.39 is 10.8 Å². The standard InChI is InChI=1S/C12H18OS/c1-11(2,3)7-9-14(13)10-8-12(4,5)6/h1-6H3. The van der Waals surface area contributed by atoms with Gasteiger partial charge in [-0.3, -0.25) is 0 Å². The molecule has 0 atom stereocenters. The van der Waals surface area contributed by atoms with Gasteiger partial charge in [0.15, 0.2) is 10.8 Å². The molecule has 0 heterocycles. The van der Waals surface area contributed by atoms with E-state index in [1.54, 1.807) is 0 Å². The van der Waals surface area contributed by atoms with Crippen LogP contribution in [0.4, 0.5) is 0 Å². The van der Waals surface area contributed by atoms with Crippen LogP contribution in [0.15, 0.2) is 0 Å². The topological polar surface area (TPSA) is 17.1 Å². The van der Waals surface area contributed by atoms with E-state index in [9.17, 15) is 4.21 Å². The van der Waals surface area contributed by atoms with Gasteiger partial charge in [-0.05, 0) is 41.5 Å². The van der Waals surface area contributed by atoms with Gasteiger partial charge in [0.05, 0.1) is 0 Å². The van der Waals surface area contributed by atoms with Crippen molar-refractivity contribution in [3.05, 3.63) is 0 Å². The average molecular weight is 210 g/mol. The summed E-state index contributed by atoms with van der Waals surface area (Å²) in [5, 5.41) is 5.29. The summed E-state index contributed by atoms with van der Waals surface area (Å²) in [4.78, 5) is 0. The van der Waals surface area contributed by atoms with Gasteiger partial charge in [0.2, 0.25) is 0 Å². The Morgan fingerprint density at radius 1 is 0.786 bits per heavy atom. The van der Waals surface area contributed by atoms with E-state index in [4.69, 9.17) is 0 Å². The minimum Gasteiger partial charge on any atom is -0.232 e. The zero-order valence-electron chi connectivity index (χ0n) is 9.82. The van der Waals surface area contributed by atoms with Crippen molar-refractivity contribution in [1.29, 1.82) is 0 Å². The van der Waals surface area contributed by atoms with Gasteiger partial charge in [0, 0.05) is 21.3 Å². The Labute approximate surface area is 90.1 Å². The Bertz CT molecular complexity index is 297. The first-order valence-corrected chi connectivity index (χ1v) is 5.72. The second kappa shape index (κ2) is 4.67. The normalized spacial score (nSPS) is 11.4. The summed E-state index contributed by atoms with van der Waals surface area (Å²) in [6.45, 7) is 11.9. The van der Waals surface area contributed by atoms with Crippen molar-refractivity contribution in [3.63, 3.8) is 0 Å². The van der Waals surface area contributed by atoms with Gasteiger partial charge in [-0.1, -0.05) is 11.8 Å². The maximum absolute atomic E-state index is 11.3. The van der Waals surface area contributed by atoms with Crippen LogP contribution in [0.5, 0.6) is 0 Å². The molecule has 78 valence electrons. The summed E-state index contributed by atoms with van der Waals surface area (Å²) in [5.41, 5.74) is -0.224. The Kier molecular flexibility index (Phi) is 4.43.